The first-order valence-corrected chi connectivity index (χ1v) is 9.02. The van der Waals surface area contributed by atoms with Crippen molar-refractivity contribution < 1.29 is 19.0 Å². The quantitative estimate of drug-likeness (QED) is 0.779. The zero-order valence-corrected chi connectivity index (χ0v) is 16.3. The molecule has 0 aromatic heterocycles. The van der Waals surface area contributed by atoms with Gasteiger partial charge < -0.3 is 19.5 Å². The molecular weight excluding hydrogens is 398 g/mol. The van der Waals surface area contributed by atoms with E-state index >= 15 is 0 Å². The number of fused-ring (bicyclic) bond motifs is 1. The standard InChI is InChI=1S/C20H20BrNO4/c1-24-18-5-3-13(9-19(18)25-2)7-8-22-20(23)15-10-14-11-16(21)4-6-17(14)26-12-15/h3-6,9-11H,7-8,12H2,1-2H3,(H,22,23). The van der Waals surface area contributed by atoms with Gasteiger partial charge in [0.05, 0.1) is 19.8 Å². The Morgan fingerprint density at radius 3 is 2.73 bits per heavy atom. The first kappa shape index (κ1) is 18.3. The molecule has 0 saturated carbocycles. The first-order valence-electron chi connectivity index (χ1n) is 8.22. The average Bonchev–Trinajstić information content (AvgIpc) is 2.67. The third-order valence-electron chi connectivity index (χ3n) is 4.12. The zero-order chi connectivity index (χ0) is 18.5. The summed E-state index contributed by atoms with van der Waals surface area (Å²) in [6.45, 7) is 0.799. The summed E-state index contributed by atoms with van der Waals surface area (Å²) in [4.78, 5) is 12.4. The second-order valence-corrected chi connectivity index (χ2v) is 6.75. The highest BCUT2D eigenvalue weighted by atomic mass is 79.9. The summed E-state index contributed by atoms with van der Waals surface area (Å²) < 4.78 is 17.1. The van der Waals surface area contributed by atoms with E-state index < -0.39 is 0 Å². The topological polar surface area (TPSA) is 56.8 Å². The molecule has 0 aliphatic carbocycles. The number of benzene rings is 2. The second-order valence-electron chi connectivity index (χ2n) is 5.84. The Labute approximate surface area is 161 Å². The summed E-state index contributed by atoms with van der Waals surface area (Å²) >= 11 is 3.43. The van der Waals surface area contributed by atoms with Crippen molar-refractivity contribution in [1.82, 2.24) is 5.32 Å². The highest BCUT2D eigenvalue weighted by molar-refractivity contribution is 9.10. The molecule has 5 nitrogen and oxygen atoms in total. The van der Waals surface area contributed by atoms with Crippen molar-refractivity contribution in [2.45, 2.75) is 6.42 Å². The van der Waals surface area contributed by atoms with E-state index in [4.69, 9.17) is 14.2 Å². The van der Waals surface area contributed by atoms with Crippen LogP contribution in [-0.2, 0) is 11.2 Å². The lowest BCUT2D eigenvalue weighted by Gasteiger charge is -2.18. The molecule has 1 aliphatic rings. The van der Waals surface area contributed by atoms with Crippen LogP contribution in [0.3, 0.4) is 0 Å². The maximum atomic E-state index is 12.4. The van der Waals surface area contributed by atoms with E-state index in [0.717, 1.165) is 21.3 Å². The summed E-state index contributed by atoms with van der Waals surface area (Å²) in [5.74, 6) is 2.04. The van der Waals surface area contributed by atoms with Gasteiger partial charge in [0.2, 0.25) is 0 Å². The van der Waals surface area contributed by atoms with Crippen LogP contribution in [0.1, 0.15) is 11.1 Å². The van der Waals surface area contributed by atoms with Crippen molar-refractivity contribution in [2.24, 2.45) is 0 Å². The molecule has 0 unspecified atom stereocenters. The van der Waals surface area contributed by atoms with E-state index in [9.17, 15) is 4.79 Å². The van der Waals surface area contributed by atoms with Crippen LogP contribution in [0.15, 0.2) is 46.4 Å². The Bertz CT molecular complexity index is 848. The summed E-state index contributed by atoms with van der Waals surface area (Å²) in [6.07, 6.45) is 2.57. The number of hydrogen-bond acceptors (Lipinski definition) is 4. The predicted octanol–water partition coefficient (Wildman–Crippen LogP) is 3.60. The van der Waals surface area contributed by atoms with E-state index in [1.807, 2.05) is 42.5 Å². The smallest absolute Gasteiger partial charge is 0.250 e. The van der Waals surface area contributed by atoms with Gasteiger partial charge in [-0.3, -0.25) is 4.79 Å². The molecule has 1 heterocycles. The highest BCUT2D eigenvalue weighted by Gasteiger charge is 2.17. The van der Waals surface area contributed by atoms with E-state index in [2.05, 4.69) is 21.2 Å². The van der Waals surface area contributed by atoms with Gasteiger partial charge in [-0.15, -0.1) is 0 Å². The van der Waals surface area contributed by atoms with Crippen molar-refractivity contribution in [1.29, 1.82) is 0 Å². The summed E-state index contributed by atoms with van der Waals surface area (Å²) in [6, 6.07) is 11.5. The number of halogens is 1. The maximum absolute atomic E-state index is 12.4. The summed E-state index contributed by atoms with van der Waals surface area (Å²) in [7, 11) is 3.21. The fraction of sp³-hybridized carbons (Fsp3) is 0.250. The van der Waals surface area contributed by atoms with Crippen LogP contribution in [0, 0.1) is 0 Å². The monoisotopic (exact) mass is 417 g/mol. The molecule has 0 atom stereocenters. The minimum Gasteiger partial charge on any atom is -0.493 e. The molecule has 2 aromatic carbocycles. The van der Waals surface area contributed by atoms with Crippen molar-refractivity contribution in [3.8, 4) is 17.2 Å². The Morgan fingerprint density at radius 1 is 1.15 bits per heavy atom. The Kier molecular flexibility index (Phi) is 5.83. The lowest BCUT2D eigenvalue weighted by atomic mass is 10.1. The van der Waals surface area contributed by atoms with Crippen molar-refractivity contribution in [2.75, 3.05) is 27.4 Å². The van der Waals surface area contributed by atoms with Crippen LogP contribution >= 0.6 is 15.9 Å². The van der Waals surface area contributed by atoms with Gasteiger partial charge in [0, 0.05) is 16.6 Å². The second kappa shape index (κ2) is 8.27. The SMILES string of the molecule is COc1ccc(CCNC(=O)C2=Cc3cc(Br)ccc3OC2)cc1OC. The van der Waals surface area contributed by atoms with Gasteiger partial charge in [0.1, 0.15) is 12.4 Å². The molecule has 0 radical (unpaired) electrons. The third-order valence-corrected chi connectivity index (χ3v) is 4.62. The number of rotatable bonds is 6. The van der Waals surface area contributed by atoms with Crippen molar-refractivity contribution in [3.63, 3.8) is 0 Å². The molecule has 0 spiro atoms. The molecular formula is C20H20BrNO4. The minimum absolute atomic E-state index is 0.115. The summed E-state index contributed by atoms with van der Waals surface area (Å²) in [5.41, 5.74) is 2.57. The lowest BCUT2D eigenvalue weighted by molar-refractivity contribution is -0.117. The van der Waals surface area contributed by atoms with Crippen LogP contribution in [-0.4, -0.2) is 33.3 Å². The summed E-state index contributed by atoms with van der Waals surface area (Å²) in [5, 5.41) is 2.94. The van der Waals surface area contributed by atoms with E-state index in [1.165, 1.54) is 0 Å². The van der Waals surface area contributed by atoms with Gasteiger partial charge in [-0.1, -0.05) is 22.0 Å². The molecule has 2 aromatic rings. The van der Waals surface area contributed by atoms with Gasteiger partial charge >= 0.3 is 0 Å². The number of carbonyl (C=O) groups excluding carboxylic acids is 1. The van der Waals surface area contributed by atoms with Gasteiger partial charge in [0.25, 0.3) is 5.91 Å². The lowest BCUT2D eigenvalue weighted by Crippen LogP contribution is -2.30. The number of hydrogen-bond donors (Lipinski definition) is 1. The van der Waals surface area contributed by atoms with Crippen LogP contribution in [0.4, 0.5) is 0 Å². The molecule has 136 valence electrons. The number of methoxy groups -OCH3 is 2. The highest BCUT2D eigenvalue weighted by Crippen LogP contribution is 2.29. The third kappa shape index (κ3) is 4.19. The molecule has 0 fully saturated rings. The maximum Gasteiger partial charge on any atom is 0.250 e. The van der Waals surface area contributed by atoms with Crippen LogP contribution in [0.25, 0.3) is 6.08 Å². The number of amides is 1. The molecule has 26 heavy (non-hydrogen) atoms. The Balaban J connectivity index is 1.59. The fourth-order valence-corrected chi connectivity index (χ4v) is 3.13. The molecule has 1 aliphatic heterocycles. The van der Waals surface area contributed by atoms with E-state index in [1.54, 1.807) is 14.2 Å². The van der Waals surface area contributed by atoms with E-state index in [0.29, 0.717) is 30.0 Å². The van der Waals surface area contributed by atoms with Crippen LogP contribution in [0.2, 0.25) is 0 Å². The molecule has 3 rings (SSSR count). The Morgan fingerprint density at radius 2 is 1.96 bits per heavy atom. The Hall–Kier alpha value is -2.47. The molecule has 1 N–H and O–H groups in total. The normalized spacial score (nSPS) is 12.5. The number of ether oxygens (including phenoxy) is 3. The average molecular weight is 418 g/mol. The van der Waals surface area contributed by atoms with Crippen LogP contribution in [0.5, 0.6) is 17.2 Å². The zero-order valence-electron chi connectivity index (χ0n) is 14.7. The van der Waals surface area contributed by atoms with Crippen molar-refractivity contribution >= 4 is 27.9 Å². The van der Waals surface area contributed by atoms with Gasteiger partial charge in [-0.25, -0.2) is 0 Å². The number of carbonyl (C=O) groups is 1. The largest absolute Gasteiger partial charge is 0.493 e. The number of nitrogens with one attached hydrogen (secondary N) is 1. The van der Waals surface area contributed by atoms with E-state index in [-0.39, 0.29) is 12.5 Å². The van der Waals surface area contributed by atoms with Gasteiger partial charge in [-0.2, -0.15) is 0 Å². The van der Waals surface area contributed by atoms with Gasteiger partial charge in [0.15, 0.2) is 11.5 Å². The molecule has 0 bridgehead atoms. The molecule has 1 amide bonds. The van der Waals surface area contributed by atoms with Crippen LogP contribution < -0.4 is 19.5 Å². The molecule has 0 saturated heterocycles. The first-order chi connectivity index (χ1) is 12.6. The minimum atomic E-state index is -0.115. The van der Waals surface area contributed by atoms with Crippen molar-refractivity contribution in [3.05, 3.63) is 57.6 Å². The fourth-order valence-electron chi connectivity index (χ4n) is 2.75. The van der Waals surface area contributed by atoms with Gasteiger partial charge in [-0.05, 0) is 48.4 Å². The predicted molar refractivity (Wildman–Crippen MR) is 104 cm³/mol. The molecule has 6 heteroatoms.